The van der Waals surface area contributed by atoms with Crippen molar-refractivity contribution in [3.63, 3.8) is 0 Å². The average Bonchev–Trinajstić information content (AvgIpc) is 2.92. The first-order valence-corrected chi connectivity index (χ1v) is 7.32. The molecule has 0 aliphatic carbocycles. The van der Waals surface area contributed by atoms with E-state index in [1.807, 2.05) is 12.5 Å². The highest BCUT2D eigenvalue weighted by molar-refractivity contribution is 5.04. The molecule has 1 saturated heterocycles. The Morgan fingerprint density at radius 2 is 2.37 bits per heavy atom. The Labute approximate surface area is 115 Å². The van der Waals surface area contributed by atoms with Gasteiger partial charge in [0, 0.05) is 32.8 Å². The molecule has 2 heterocycles. The number of imidazole rings is 1. The highest BCUT2D eigenvalue weighted by Crippen LogP contribution is 2.18. The van der Waals surface area contributed by atoms with Crippen LogP contribution in [0.1, 0.15) is 38.0 Å². The van der Waals surface area contributed by atoms with Gasteiger partial charge in [-0.15, -0.1) is 0 Å². The molecule has 5 heteroatoms. The van der Waals surface area contributed by atoms with Crippen molar-refractivity contribution in [2.24, 2.45) is 0 Å². The first-order chi connectivity index (χ1) is 9.42. The van der Waals surface area contributed by atoms with E-state index in [1.165, 1.54) is 12.1 Å². The summed E-state index contributed by atoms with van der Waals surface area (Å²) in [6.07, 6.45) is 7.30. The second-order valence-electron chi connectivity index (χ2n) is 4.89. The Balaban J connectivity index is 1.73. The third kappa shape index (κ3) is 4.60. The van der Waals surface area contributed by atoms with Crippen molar-refractivity contribution in [3.8, 4) is 0 Å². The molecular weight excluding hydrogens is 242 g/mol. The number of aromatic nitrogens is 2. The maximum absolute atomic E-state index is 5.77. The van der Waals surface area contributed by atoms with Crippen LogP contribution in [0.4, 0.5) is 0 Å². The molecule has 1 unspecified atom stereocenters. The lowest BCUT2D eigenvalue weighted by Crippen LogP contribution is -2.34. The van der Waals surface area contributed by atoms with E-state index >= 15 is 0 Å². The van der Waals surface area contributed by atoms with E-state index in [2.05, 4.69) is 21.8 Å². The number of nitrogens with zero attached hydrogens (tertiary/aromatic N) is 2. The molecule has 2 rings (SSSR count). The van der Waals surface area contributed by atoms with Crippen molar-refractivity contribution in [1.29, 1.82) is 0 Å². The lowest BCUT2D eigenvalue weighted by atomic mass is 10.2. The normalized spacial score (nSPS) is 19.7. The molecule has 0 spiro atoms. The van der Waals surface area contributed by atoms with Gasteiger partial charge in [0.25, 0.3) is 0 Å². The van der Waals surface area contributed by atoms with Crippen molar-refractivity contribution < 1.29 is 9.47 Å². The number of unbranched alkanes of at least 4 members (excludes halogenated alkanes) is 1. The Morgan fingerprint density at radius 3 is 3.16 bits per heavy atom. The Kier molecular flexibility index (Phi) is 6.33. The van der Waals surface area contributed by atoms with Crippen molar-refractivity contribution in [3.05, 3.63) is 18.2 Å². The standard InChI is InChI=1S/C14H25N3O2/c1-2-3-7-18-8-4-6-17-12-16-10-13(17)14-11-15-5-9-19-14/h10,12,14-15H,2-9,11H2,1H3. The average molecular weight is 267 g/mol. The first kappa shape index (κ1) is 14.5. The summed E-state index contributed by atoms with van der Waals surface area (Å²) in [7, 11) is 0. The van der Waals surface area contributed by atoms with Gasteiger partial charge in [0.05, 0.1) is 24.8 Å². The zero-order chi connectivity index (χ0) is 13.3. The fourth-order valence-electron chi connectivity index (χ4n) is 2.23. The predicted molar refractivity (Wildman–Crippen MR) is 74.1 cm³/mol. The summed E-state index contributed by atoms with van der Waals surface area (Å²) < 4.78 is 13.5. The van der Waals surface area contributed by atoms with Gasteiger partial charge in [-0.2, -0.15) is 0 Å². The summed E-state index contributed by atoms with van der Waals surface area (Å²) in [5.74, 6) is 0. The van der Waals surface area contributed by atoms with Gasteiger partial charge < -0.3 is 19.4 Å². The SMILES string of the molecule is CCCCOCCCn1cncc1C1CNCCO1. The van der Waals surface area contributed by atoms with Crippen LogP contribution >= 0.6 is 0 Å². The molecular formula is C14H25N3O2. The van der Waals surface area contributed by atoms with Crippen LogP contribution in [0.2, 0.25) is 0 Å². The molecule has 1 aromatic rings. The minimum atomic E-state index is 0.136. The molecule has 108 valence electrons. The van der Waals surface area contributed by atoms with E-state index in [1.54, 1.807) is 0 Å². The minimum Gasteiger partial charge on any atom is -0.381 e. The summed E-state index contributed by atoms with van der Waals surface area (Å²) in [5, 5.41) is 3.35. The van der Waals surface area contributed by atoms with Crippen molar-refractivity contribution >= 4 is 0 Å². The van der Waals surface area contributed by atoms with Crippen molar-refractivity contribution in [1.82, 2.24) is 14.9 Å². The Bertz CT molecular complexity index is 348. The third-order valence-electron chi connectivity index (χ3n) is 3.33. The van der Waals surface area contributed by atoms with Gasteiger partial charge in [-0.1, -0.05) is 13.3 Å². The molecule has 1 fully saturated rings. The summed E-state index contributed by atoms with van der Waals surface area (Å²) >= 11 is 0. The number of rotatable bonds is 8. The van der Waals surface area contributed by atoms with Crippen LogP contribution in [-0.2, 0) is 16.0 Å². The van der Waals surface area contributed by atoms with Crippen molar-refractivity contribution in [2.75, 3.05) is 32.9 Å². The topological polar surface area (TPSA) is 48.3 Å². The largest absolute Gasteiger partial charge is 0.381 e. The lowest BCUT2D eigenvalue weighted by Gasteiger charge is -2.24. The zero-order valence-corrected chi connectivity index (χ0v) is 11.8. The van der Waals surface area contributed by atoms with Crippen LogP contribution in [0.3, 0.4) is 0 Å². The predicted octanol–water partition coefficient (Wildman–Crippen LogP) is 1.75. The van der Waals surface area contributed by atoms with Crippen LogP contribution in [0, 0.1) is 0 Å². The van der Waals surface area contributed by atoms with E-state index in [0.29, 0.717) is 0 Å². The Morgan fingerprint density at radius 1 is 1.47 bits per heavy atom. The van der Waals surface area contributed by atoms with E-state index < -0.39 is 0 Å². The molecule has 0 aromatic carbocycles. The molecule has 19 heavy (non-hydrogen) atoms. The maximum Gasteiger partial charge on any atom is 0.111 e. The van der Waals surface area contributed by atoms with Crippen LogP contribution in [-0.4, -0.2) is 42.5 Å². The number of aryl methyl sites for hydroxylation is 1. The number of hydrogen-bond acceptors (Lipinski definition) is 4. The molecule has 0 bridgehead atoms. The molecule has 0 amide bonds. The van der Waals surface area contributed by atoms with E-state index in [9.17, 15) is 0 Å². The van der Waals surface area contributed by atoms with E-state index in [0.717, 1.165) is 52.3 Å². The first-order valence-electron chi connectivity index (χ1n) is 7.32. The number of ether oxygens (including phenoxy) is 2. The summed E-state index contributed by atoms with van der Waals surface area (Å²) in [6.45, 7) is 7.41. The van der Waals surface area contributed by atoms with E-state index in [4.69, 9.17) is 9.47 Å². The molecule has 1 aliphatic heterocycles. The zero-order valence-electron chi connectivity index (χ0n) is 11.8. The molecule has 5 nitrogen and oxygen atoms in total. The fraction of sp³-hybridized carbons (Fsp3) is 0.786. The van der Waals surface area contributed by atoms with Gasteiger partial charge in [0.2, 0.25) is 0 Å². The summed E-state index contributed by atoms with van der Waals surface area (Å²) in [4.78, 5) is 4.24. The summed E-state index contributed by atoms with van der Waals surface area (Å²) in [6, 6.07) is 0. The molecule has 0 saturated carbocycles. The number of nitrogens with one attached hydrogen (secondary N) is 1. The second kappa shape index (κ2) is 8.30. The van der Waals surface area contributed by atoms with Crippen LogP contribution in [0.5, 0.6) is 0 Å². The summed E-state index contributed by atoms with van der Waals surface area (Å²) in [5.41, 5.74) is 1.17. The molecule has 1 N–H and O–H groups in total. The van der Waals surface area contributed by atoms with Gasteiger partial charge in [-0.05, 0) is 12.8 Å². The van der Waals surface area contributed by atoms with Gasteiger partial charge >= 0.3 is 0 Å². The quantitative estimate of drug-likeness (QED) is 0.729. The van der Waals surface area contributed by atoms with Crippen LogP contribution < -0.4 is 5.32 Å². The Hall–Kier alpha value is -0.910. The van der Waals surface area contributed by atoms with Gasteiger partial charge in [-0.3, -0.25) is 0 Å². The monoisotopic (exact) mass is 267 g/mol. The molecule has 1 aliphatic rings. The minimum absolute atomic E-state index is 0.136. The van der Waals surface area contributed by atoms with Gasteiger partial charge in [-0.25, -0.2) is 4.98 Å². The lowest BCUT2D eigenvalue weighted by molar-refractivity contribution is 0.0224. The van der Waals surface area contributed by atoms with Crippen LogP contribution in [0.25, 0.3) is 0 Å². The smallest absolute Gasteiger partial charge is 0.111 e. The highest BCUT2D eigenvalue weighted by atomic mass is 16.5. The highest BCUT2D eigenvalue weighted by Gasteiger charge is 2.19. The number of hydrogen-bond donors (Lipinski definition) is 1. The van der Waals surface area contributed by atoms with Gasteiger partial charge in [0.1, 0.15) is 6.10 Å². The number of morpholine rings is 1. The fourth-order valence-corrected chi connectivity index (χ4v) is 2.23. The van der Waals surface area contributed by atoms with Gasteiger partial charge in [0.15, 0.2) is 0 Å². The third-order valence-corrected chi connectivity index (χ3v) is 3.33. The van der Waals surface area contributed by atoms with Crippen molar-refractivity contribution in [2.45, 2.75) is 38.8 Å². The maximum atomic E-state index is 5.77. The molecule has 1 atom stereocenters. The second-order valence-corrected chi connectivity index (χ2v) is 4.89. The molecule has 0 radical (unpaired) electrons. The van der Waals surface area contributed by atoms with E-state index in [-0.39, 0.29) is 6.10 Å². The van der Waals surface area contributed by atoms with Crippen LogP contribution in [0.15, 0.2) is 12.5 Å². The molecule has 1 aromatic heterocycles.